The average Bonchev–Trinajstić information content (AvgIpc) is 2.70. The highest BCUT2D eigenvalue weighted by atomic mass is 35.5. The molecule has 2 aromatic rings. The van der Waals surface area contributed by atoms with Gasteiger partial charge in [-0.1, -0.05) is 23.7 Å². The number of amides is 2. The van der Waals surface area contributed by atoms with Gasteiger partial charge in [-0.25, -0.2) is 4.39 Å². The summed E-state index contributed by atoms with van der Waals surface area (Å²) in [4.78, 5) is 26.3. The second kappa shape index (κ2) is 9.55. The first-order valence-electron chi connectivity index (χ1n) is 9.19. The molecule has 2 aromatic carbocycles. The van der Waals surface area contributed by atoms with Crippen LogP contribution in [-0.4, -0.2) is 36.4 Å². The highest BCUT2D eigenvalue weighted by Crippen LogP contribution is 2.21. The Kier molecular flexibility index (Phi) is 6.87. The Morgan fingerprint density at radius 3 is 2.61 bits per heavy atom. The number of nitrogens with one attached hydrogen (secondary N) is 1. The average molecular weight is 405 g/mol. The van der Waals surface area contributed by atoms with E-state index in [9.17, 15) is 14.0 Å². The van der Waals surface area contributed by atoms with Crippen LogP contribution in [0.2, 0.25) is 5.02 Å². The molecule has 1 fully saturated rings. The van der Waals surface area contributed by atoms with Gasteiger partial charge < -0.3 is 15.0 Å². The number of benzene rings is 2. The van der Waals surface area contributed by atoms with Crippen molar-refractivity contribution in [3.05, 3.63) is 64.9 Å². The third kappa shape index (κ3) is 5.70. The third-order valence-electron chi connectivity index (χ3n) is 4.64. The second-order valence-corrected chi connectivity index (χ2v) is 7.17. The monoisotopic (exact) mass is 404 g/mol. The van der Waals surface area contributed by atoms with Gasteiger partial charge in [-0.3, -0.25) is 9.59 Å². The molecule has 1 heterocycles. The van der Waals surface area contributed by atoms with Crippen LogP contribution in [0.1, 0.15) is 18.4 Å². The van der Waals surface area contributed by atoms with Crippen LogP contribution in [0.3, 0.4) is 0 Å². The van der Waals surface area contributed by atoms with Crippen molar-refractivity contribution in [1.82, 2.24) is 10.2 Å². The Hall–Kier alpha value is -2.60. The SMILES string of the molecule is O=C(NCCOc1ccc(F)cc1)C1CCC(=O)N(Cc2ccc(Cl)cc2)C1. The molecule has 3 rings (SSSR count). The van der Waals surface area contributed by atoms with Crippen molar-refractivity contribution in [2.24, 2.45) is 5.92 Å². The van der Waals surface area contributed by atoms with Crippen LogP contribution in [0.25, 0.3) is 0 Å². The Morgan fingerprint density at radius 1 is 1.18 bits per heavy atom. The summed E-state index contributed by atoms with van der Waals surface area (Å²) in [5.74, 6) is -0.0468. The number of hydrogen-bond donors (Lipinski definition) is 1. The van der Waals surface area contributed by atoms with E-state index < -0.39 is 0 Å². The minimum absolute atomic E-state index is 0.0543. The summed E-state index contributed by atoms with van der Waals surface area (Å²) in [6.45, 7) is 1.49. The normalized spacial score (nSPS) is 16.7. The summed E-state index contributed by atoms with van der Waals surface area (Å²) >= 11 is 5.89. The van der Waals surface area contributed by atoms with Crippen LogP contribution in [-0.2, 0) is 16.1 Å². The van der Waals surface area contributed by atoms with E-state index in [0.717, 1.165) is 5.56 Å². The molecule has 1 aliphatic heterocycles. The molecule has 1 atom stereocenters. The molecule has 1 unspecified atom stereocenters. The Labute approximate surface area is 168 Å². The number of halogens is 2. The number of piperidine rings is 1. The minimum Gasteiger partial charge on any atom is -0.492 e. The minimum atomic E-state index is -0.323. The van der Waals surface area contributed by atoms with Crippen LogP contribution >= 0.6 is 11.6 Å². The summed E-state index contributed by atoms with van der Waals surface area (Å²) in [5.41, 5.74) is 0.978. The lowest BCUT2D eigenvalue weighted by Gasteiger charge is -2.32. The van der Waals surface area contributed by atoms with E-state index in [-0.39, 0.29) is 30.2 Å². The Bertz CT molecular complexity index is 811. The Balaban J connectivity index is 1.44. The van der Waals surface area contributed by atoms with Crippen LogP contribution in [0.5, 0.6) is 5.75 Å². The predicted octanol–water partition coefficient (Wildman–Crippen LogP) is 3.41. The number of likely N-dealkylation sites (tertiary alicyclic amines) is 1. The van der Waals surface area contributed by atoms with Crippen molar-refractivity contribution in [1.29, 1.82) is 0 Å². The van der Waals surface area contributed by atoms with Crippen molar-refractivity contribution in [2.45, 2.75) is 19.4 Å². The van der Waals surface area contributed by atoms with Crippen LogP contribution in [0.4, 0.5) is 4.39 Å². The van der Waals surface area contributed by atoms with Crippen LogP contribution < -0.4 is 10.1 Å². The fourth-order valence-corrected chi connectivity index (χ4v) is 3.24. The van der Waals surface area contributed by atoms with E-state index in [0.29, 0.717) is 43.2 Å². The number of rotatable bonds is 7. The van der Waals surface area contributed by atoms with Gasteiger partial charge in [-0.15, -0.1) is 0 Å². The predicted molar refractivity (Wildman–Crippen MR) is 104 cm³/mol. The number of nitrogens with zero attached hydrogens (tertiary/aromatic N) is 1. The zero-order chi connectivity index (χ0) is 19.9. The molecule has 0 bridgehead atoms. The topological polar surface area (TPSA) is 58.6 Å². The molecule has 7 heteroatoms. The lowest BCUT2D eigenvalue weighted by molar-refractivity contribution is -0.138. The summed E-state index contributed by atoms with van der Waals surface area (Å²) in [6, 6.07) is 13.1. The number of carbonyl (C=O) groups excluding carboxylic acids is 2. The lowest BCUT2D eigenvalue weighted by atomic mass is 9.96. The molecule has 0 radical (unpaired) electrons. The van der Waals surface area contributed by atoms with E-state index in [1.807, 2.05) is 12.1 Å². The summed E-state index contributed by atoms with van der Waals surface area (Å²) < 4.78 is 18.3. The zero-order valence-corrected chi connectivity index (χ0v) is 16.1. The first-order valence-corrected chi connectivity index (χ1v) is 9.57. The van der Waals surface area contributed by atoms with Crippen molar-refractivity contribution in [3.8, 4) is 5.75 Å². The molecule has 2 amide bonds. The molecule has 28 heavy (non-hydrogen) atoms. The highest BCUT2D eigenvalue weighted by molar-refractivity contribution is 6.30. The van der Waals surface area contributed by atoms with E-state index >= 15 is 0 Å². The molecule has 0 saturated carbocycles. The fraction of sp³-hybridized carbons (Fsp3) is 0.333. The fourth-order valence-electron chi connectivity index (χ4n) is 3.11. The molecule has 0 spiro atoms. The van der Waals surface area contributed by atoms with Crippen molar-refractivity contribution >= 4 is 23.4 Å². The van der Waals surface area contributed by atoms with E-state index in [4.69, 9.17) is 16.3 Å². The van der Waals surface area contributed by atoms with Crippen LogP contribution in [0.15, 0.2) is 48.5 Å². The smallest absolute Gasteiger partial charge is 0.225 e. The van der Waals surface area contributed by atoms with Crippen LogP contribution in [0, 0.1) is 11.7 Å². The van der Waals surface area contributed by atoms with Crippen molar-refractivity contribution in [3.63, 3.8) is 0 Å². The highest BCUT2D eigenvalue weighted by Gasteiger charge is 2.30. The lowest BCUT2D eigenvalue weighted by Crippen LogP contribution is -2.45. The van der Waals surface area contributed by atoms with Gasteiger partial charge in [0.25, 0.3) is 0 Å². The second-order valence-electron chi connectivity index (χ2n) is 6.73. The van der Waals surface area contributed by atoms with Gasteiger partial charge in [0.2, 0.25) is 11.8 Å². The quantitative estimate of drug-likeness (QED) is 0.719. The van der Waals surface area contributed by atoms with Gasteiger partial charge in [0.15, 0.2) is 0 Å². The Morgan fingerprint density at radius 2 is 1.89 bits per heavy atom. The van der Waals surface area contributed by atoms with Crippen molar-refractivity contribution in [2.75, 3.05) is 19.7 Å². The first kappa shape index (κ1) is 20.1. The van der Waals surface area contributed by atoms with Gasteiger partial charge in [-0.2, -0.15) is 0 Å². The zero-order valence-electron chi connectivity index (χ0n) is 15.4. The van der Waals surface area contributed by atoms with E-state index in [2.05, 4.69) is 5.32 Å². The largest absolute Gasteiger partial charge is 0.492 e. The molecule has 148 valence electrons. The standard InChI is InChI=1S/C21H22ClFN2O3/c22-17-4-1-15(2-5-17)13-25-14-16(3-10-20(25)26)21(27)24-11-12-28-19-8-6-18(23)7-9-19/h1-2,4-9,16H,3,10-14H2,(H,24,27). The molecule has 1 saturated heterocycles. The first-order chi connectivity index (χ1) is 13.5. The summed E-state index contributed by atoms with van der Waals surface area (Å²) in [6.07, 6.45) is 0.901. The van der Waals surface area contributed by atoms with Gasteiger partial charge in [0.1, 0.15) is 18.2 Å². The number of hydrogen-bond acceptors (Lipinski definition) is 3. The van der Waals surface area contributed by atoms with Gasteiger partial charge in [0, 0.05) is 24.5 Å². The molecule has 0 aromatic heterocycles. The number of ether oxygens (including phenoxy) is 1. The van der Waals surface area contributed by atoms with E-state index in [1.54, 1.807) is 29.2 Å². The van der Waals surface area contributed by atoms with Gasteiger partial charge >= 0.3 is 0 Å². The summed E-state index contributed by atoms with van der Waals surface area (Å²) in [5, 5.41) is 3.49. The third-order valence-corrected chi connectivity index (χ3v) is 4.89. The molecular formula is C21H22ClFN2O3. The molecule has 1 N–H and O–H groups in total. The molecule has 1 aliphatic rings. The van der Waals surface area contributed by atoms with Crippen molar-refractivity contribution < 1.29 is 18.7 Å². The molecule has 5 nitrogen and oxygen atoms in total. The maximum atomic E-state index is 12.9. The maximum absolute atomic E-state index is 12.9. The van der Waals surface area contributed by atoms with E-state index in [1.165, 1.54) is 12.1 Å². The maximum Gasteiger partial charge on any atom is 0.225 e. The van der Waals surface area contributed by atoms with Gasteiger partial charge in [0.05, 0.1) is 12.5 Å². The molecular weight excluding hydrogens is 383 g/mol. The number of carbonyl (C=O) groups is 2. The van der Waals surface area contributed by atoms with Gasteiger partial charge in [-0.05, 0) is 48.4 Å². The molecule has 0 aliphatic carbocycles. The summed E-state index contributed by atoms with van der Waals surface area (Å²) in [7, 11) is 0.